The summed E-state index contributed by atoms with van der Waals surface area (Å²) < 4.78 is 14.7. The lowest BCUT2D eigenvalue weighted by Gasteiger charge is -2.37. The van der Waals surface area contributed by atoms with Crippen molar-refractivity contribution in [3.63, 3.8) is 0 Å². The van der Waals surface area contributed by atoms with Crippen molar-refractivity contribution >= 4 is 12.1 Å². The molecule has 16 heavy (non-hydrogen) atoms. The molecule has 1 heterocycles. The van der Waals surface area contributed by atoms with E-state index >= 15 is 0 Å². The molecule has 0 aliphatic carbocycles. The molecular weight excluding hydrogens is 214 g/mol. The monoisotopic (exact) mass is 231 g/mol. The van der Waals surface area contributed by atoms with E-state index in [0.29, 0.717) is 13.2 Å². The van der Waals surface area contributed by atoms with Gasteiger partial charge in [-0.1, -0.05) is 6.92 Å². The highest BCUT2D eigenvalue weighted by Crippen LogP contribution is 2.30. The lowest BCUT2D eigenvalue weighted by molar-refractivity contribution is -0.177. The first-order chi connectivity index (χ1) is 7.45. The van der Waals surface area contributed by atoms with Gasteiger partial charge < -0.3 is 19.5 Å². The van der Waals surface area contributed by atoms with E-state index in [-0.39, 0.29) is 17.8 Å². The molecule has 1 atom stereocenters. The Hall–Kier alpha value is -1.30. The Morgan fingerprint density at radius 1 is 1.44 bits per heavy atom. The van der Waals surface area contributed by atoms with Crippen LogP contribution >= 0.6 is 0 Å². The minimum atomic E-state index is -0.878. The summed E-state index contributed by atoms with van der Waals surface area (Å²) in [7, 11) is 1.43. The first-order valence-electron chi connectivity index (χ1n) is 5.11. The molecule has 0 aromatic carbocycles. The molecule has 1 fully saturated rings. The molecule has 6 nitrogen and oxygen atoms in total. The fraction of sp³-hybridized carbons (Fsp3) is 0.800. The number of rotatable bonds is 4. The molecule has 0 aromatic rings. The predicted molar refractivity (Wildman–Crippen MR) is 54.6 cm³/mol. The normalized spacial score (nSPS) is 19.2. The van der Waals surface area contributed by atoms with Crippen LogP contribution in [0, 0.1) is 5.41 Å². The van der Waals surface area contributed by atoms with Gasteiger partial charge in [0.25, 0.3) is 0 Å². The van der Waals surface area contributed by atoms with Gasteiger partial charge in [0.15, 0.2) is 0 Å². The van der Waals surface area contributed by atoms with Crippen LogP contribution in [-0.2, 0) is 19.0 Å². The summed E-state index contributed by atoms with van der Waals surface area (Å²) in [6.45, 7) is 4.56. The second-order valence-corrected chi connectivity index (χ2v) is 4.19. The van der Waals surface area contributed by atoms with Gasteiger partial charge in [-0.15, -0.1) is 0 Å². The number of nitrogens with one attached hydrogen (secondary N) is 1. The van der Waals surface area contributed by atoms with Gasteiger partial charge >= 0.3 is 12.1 Å². The number of ether oxygens (including phenoxy) is 3. The zero-order valence-electron chi connectivity index (χ0n) is 9.74. The molecule has 0 saturated carbocycles. The number of esters is 1. The summed E-state index contributed by atoms with van der Waals surface area (Å²) in [6.07, 6.45) is -1.23. The van der Waals surface area contributed by atoms with E-state index in [4.69, 9.17) is 14.2 Å². The number of amides is 1. The SMILES string of the molecule is CNC(=O)OC(C)OC(=O)CC1(C)COC1. The van der Waals surface area contributed by atoms with Crippen LogP contribution in [0.3, 0.4) is 0 Å². The molecule has 1 amide bonds. The Labute approximate surface area is 94.2 Å². The minimum absolute atomic E-state index is 0.135. The number of carbonyl (C=O) groups excluding carboxylic acids is 2. The number of hydrogen-bond acceptors (Lipinski definition) is 5. The van der Waals surface area contributed by atoms with Crippen LogP contribution in [0.1, 0.15) is 20.3 Å². The fourth-order valence-corrected chi connectivity index (χ4v) is 1.36. The second kappa shape index (κ2) is 5.16. The van der Waals surface area contributed by atoms with Crippen molar-refractivity contribution in [3.8, 4) is 0 Å². The minimum Gasteiger partial charge on any atom is -0.425 e. The van der Waals surface area contributed by atoms with Gasteiger partial charge in [0.1, 0.15) is 0 Å². The molecule has 0 bridgehead atoms. The molecule has 92 valence electrons. The molecule has 1 aliphatic rings. The third kappa shape index (κ3) is 3.69. The van der Waals surface area contributed by atoms with Crippen LogP contribution in [0.4, 0.5) is 4.79 Å². The fourth-order valence-electron chi connectivity index (χ4n) is 1.36. The highest BCUT2D eigenvalue weighted by molar-refractivity contribution is 5.71. The van der Waals surface area contributed by atoms with Crippen LogP contribution in [0.5, 0.6) is 0 Å². The van der Waals surface area contributed by atoms with Crippen molar-refractivity contribution in [1.82, 2.24) is 5.32 Å². The third-order valence-corrected chi connectivity index (χ3v) is 2.25. The second-order valence-electron chi connectivity index (χ2n) is 4.19. The Kier molecular flexibility index (Phi) is 4.12. The quantitative estimate of drug-likeness (QED) is 0.568. The van der Waals surface area contributed by atoms with Gasteiger partial charge in [-0.3, -0.25) is 4.79 Å². The van der Waals surface area contributed by atoms with E-state index < -0.39 is 12.4 Å². The van der Waals surface area contributed by atoms with Crippen molar-refractivity contribution in [3.05, 3.63) is 0 Å². The van der Waals surface area contributed by atoms with E-state index in [1.54, 1.807) is 0 Å². The van der Waals surface area contributed by atoms with Gasteiger partial charge in [-0.2, -0.15) is 0 Å². The molecule has 1 N–H and O–H groups in total. The van der Waals surface area contributed by atoms with Crippen molar-refractivity contribution in [2.45, 2.75) is 26.6 Å². The van der Waals surface area contributed by atoms with Crippen molar-refractivity contribution < 1.29 is 23.8 Å². The predicted octanol–water partition coefficient (Wildman–Crippen LogP) is 0.658. The Bertz CT molecular complexity index is 274. The molecular formula is C10H17NO5. The van der Waals surface area contributed by atoms with Crippen molar-refractivity contribution in [2.75, 3.05) is 20.3 Å². The van der Waals surface area contributed by atoms with Crippen LogP contribution in [-0.4, -0.2) is 38.6 Å². The number of carbonyl (C=O) groups is 2. The molecule has 1 saturated heterocycles. The van der Waals surface area contributed by atoms with Gasteiger partial charge in [-0.25, -0.2) is 4.79 Å². The molecule has 0 spiro atoms. The highest BCUT2D eigenvalue weighted by atomic mass is 16.7. The lowest BCUT2D eigenvalue weighted by Crippen LogP contribution is -2.42. The van der Waals surface area contributed by atoms with Gasteiger partial charge in [0.2, 0.25) is 6.29 Å². The van der Waals surface area contributed by atoms with E-state index in [9.17, 15) is 9.59 Å². The topological polar surface area (TPSA) is 73.9 Å². The summed E-state index contributed by atoms with van der Waals surface area (Å²) in [5.74, 6) is -0.387. The van der Waals surface area contributed by atoms with Gasteiger partial charge in [-0.05, 0) is 0 Å². The van der Waals surface area contributed by atoms with E-state index in [2.05, 4.69) is 5.32 Å². The summed E-state index contributed by atoms with van der Waals surface area (Å²) in [4.78, 5) is 22.3. The lowest BCUT2D eigenvalue weighted by atomic mass is 9.85. The zero-order chi connectivity index (χ0) is 12.2. The molecule has 1 aliphatic heterocycles. The Morgan fingerprint density at radius 3 is 2.50 bits per heavy atom. The summed E-state index contributed by atoms with van der Waals surface area (Å²) in [5, 5.41) is 2.27. The number of alkyl carbamates (subject to hydrolysis) is 1. The first kappa shape index (κ1) is 12.8. The molecule has 6 heteroatoms. The molecule has 0 radical (unpaired) electrons. The largest absolute Gasteiger partial charge is 0.425 e. The summed E-state index contributed by atoms with van der Waals surface area (Å²) >= 11 is 0. The number of hydrogen-bond donors (Lipinski definition) is 1. The van der Waals surface area contributed by atoms with E-state index in [0.717, 1.165) is 0 Å². The Balaban J connectivity index is 2.25. The van der Waals surface area contributed by atoms with Gasteiger partial charge in [0.05, 0.1) is 19.6 Å². The molecule has 1 rings (SSSR count). The maximum Gasteiger partial charge on any atom is 0.409 e. The van der Waals surface area contributed by atoms with Crippen LogP contribution < -0.4 is 5.32 Å². The standard InChI is InChI=1S/C10H17NO5/c1-7(16-9(13)11-3)15-8(12)4-10(2)5-14-6-10/h7H,4-6H2,1-3H3,(H,11,13). The van der Waals surface area contributed by atoms with Crippen LogP contribution in [0.15, 0.2) is 0 Å². The average molecular weight is 231 g/mol. The van der Waals surface area contributed by atoms with E-state index in [1.165, 1.54) is 14.0 Å². The van der Waals surface area contributed by atoms with Gasteiger partial charge in [0, 0.05) is 19.4 Å². The van der Waals surface area contributed by atoms with Crippen LogP contribution in [0.2, 0.25) is 0 Å². The average Bonchev–Trinajstić information content (AvgIpc) is 2.14. The molecule has 0 aromatic heterocycles. The first-order valence-corrected chi connectivity index (χ1v) is 5.11. The maximum absolute atomic E-state index is 11.4. The van der Waals surface area contributed by atoms with Crippen molar-refractivity contribution in [1.29, 1.82) is 0 Å². The summed E-state index contributed by atoms with van der Waals surface area (Å²) in [6, 6.07) is 0. The smallest absolute Gasteiger partial charge is 0.409 e. The third-order valence-electron chi connectivity index (χ3n) is 2.25. The van der Waals surface area contributed by atoms with Crippen molar-refractivity contribution in [2.24, 2.45) is 5.41 Å². The summed E-state index contributed by atoms with van der Waals surface area (Å²) in [5.41, 5.74) is -0.135. The maximum atomic E-state index is 11.4. The highest BCUT2D eigenvalue weighted by Gasteiger charge is 2.36. The van der Waals surface area contributed by atoms with E-state index in [1.807, 2.05) is 6.92 Å². The van der Waals surface area contributed by atoms with Crippen LogP contribution in [0.25, 0.3) is 0 Å². The zero-order valence-corrected chi connectivity index (χ0v) is 9.74. The Morgan fingerprint density at radius 2 is 2.06 bits per heavy atom. The molecule has 1 unspecified atom stereocenters.